The number of piperidine rings is 2. The average Bonchev–Trinajstić information content (AvgIpc) is 4.21. The molecule has 74 heavy (non-hydrogen) atoms. The summed E-state index contributed by atoms with van der Waals surface area (Å²) in [7, 11) is -7.21. The van der Waals surface area contributed by atoms with Gasteiger partial charge in [-0.1, -0.05) is 37.6 Å². The smallest absolute Gasteiger partial charge is 0.269 e. The standard InChI is InChI=1S/C26H28N4O5S2.C26H30N4O5S2/c31-26(19-5-8-23(9-6-19)30(32)33)27-17-24-10-11-25(36-24)37(34,35)29-14-12-21(13-15-29)28-22-7-4-18-2-1-3-20(18)16-22;1-2-5-19-6-3-4-7-24(19)28-21-14-16-29(17-15-21)37(34,35)25-13-12-23(36-25)18-27-26(31)20-8-10-22(11-9-20)30(32)33/h4-11,16,21,28H,1-3,12-15,17H2,(H,27,31);3-4,6-13,21,28H,2,5,14-18H2,1H3,(H,27,31). The maximum absolute atomic E-state index is 13.2. The number of nitro benzene ring substituents is 2. The van der Waals surface area contributed by atoms with Gasteiger partial charge >= 0.3 is 0 Å². The quantitative estimate of drug-likeness (QED) is 0.0465. The van der Waals surface area contributed by atoms with Crippen LogP contribution in [0.25, 0.3) is 0 Å². The molecule has 2 saturated heterocycles. The summed E-state index contributed by atoms with van der Waals surface area (Å²) in [5.41, 5.74) is 6.79. The summed E-state index contributed by atoms with van der Waals surface area (Å²) < 4.78 is 56.5. The van der Waals surface area contributed by atoms with Crippen LogP contribution in [0.15, 0.2) is 124 Å². The molecule has 0 unspecified atom stereocenters. The predicted octanol–water partition coefficient (Wildman–Crippen LogP) is 9.14. The van der Waals surface area contributed by atoms with Crippen molar-refractivity contribution in [1.82, 2.24) is 19.2 Å². The van der Waals surface area contributed by atoms with Crippen LogP contribution in [0.2, 0.25) is 0 Å². The largest absolute Gasteiger partial charge is 0.382 e. The van der Waals surface area contributed by atoms with Crippen LogP contribution in [0.5, 0.6) is 0 Å². The van der Waals surface area contributed by atoms with Crippen molar-refractivity contribution in [2.75, 3.05) is 36.8 Å². The van der Waals surface area contributed by atoms with Crippen molar-refractivity contribution in [3.8, 4) is 0 Å². The lowest BCUT2D eigenvalue weighted by Crippen LogP contribution is -2.42. The monoisotopic (exact) mass is 1080 g/mol. The van der Waals surface area contributed by atoms with Crippen molar-refractivity contribution in [3.05, 3.63) is 173 Å². The summed E-state index contributed by atoms with van der Waals surface area (Å²) in [4.78, 5) is 46.6. The fraction of sp³-hybridized carbons (Fsp3) is 0.346. The highest BCUT2D eigenvalue weighted by Crippen LogP contribution is 2.31. The van der Waals surface area contributed by atoms with Gasteiger partial charge in [-0.05, 0) is 135 Å². The summed E-state index contributed by atoms with van der Waals surface area (Å²) >= 11 is 2.28. The van der Waals surface area contributed by atoms with Gasteiger partial charge in [0, 0.05) is 94.8 Å². The number of nitrogens with zero attached hydrogens (tertiary/aromatic N) is 4. The Bertz CT molecular complexity index is 3180. The van der Waals surface area contributed by atoms with Crippen LogP contribution in [-0.4, -0.2) is 85.4 Å². The number of sulfonamides is 2. The third-order valence-corrected chi connectivity index (χ3v) is 20.2. The minimum Gasteiger partial charge on any atom is -0.382 e. The van der Waals surface area contributed by atoms with Gasteiger partial charge in [0.1, 0.15) is 8.42 Å². The van der Waals surface area contributed by atoms with Crippen molar-refractivity contribution in [2.45, 2.75) is 98.3 Å². The number of carbonyl (C=O) groups excluding carboxylic acids is 2. The van der Waals surface area contributed by atoms with E-state index in [0.717, 1.165) is 85.4 Å². The van der Waals surface area contributed by atoms with E-state index in [4.69, 9.17) is 0 Å². The molecule has 18 nitrogen and oxygen atoms in total. The molecule has 3 aliphatic rings. The zero-order valence-corrected chi connectivity index (χ0v) is 44.0. The molecule has 1 aliphatic carbocycles. The fourth-order valence-corrected chi connectivity index (χ4v) is 15.0. The maximum atomic E-state index is 13.2. The van der Waals surface area contributed by atoms with Crippen LogP contribution < -0.4 is 21.3 Å². The van der Waals surface area contributed by atoms with Gasteiger partial charge in [0.05, 0.1) is 22.9 Å². The molecule has 2 fully saturated rings. The molecular weight excluding hydrogens is 1020 g/mol. The molecule has 2 aromatic heterocycles. The second kappa shape index (κ2) is 24.2. The highest BCUT2D eigenvalue weighted by molar-refractivity contribution is 7.91. The molecule has 22 heteroatoms. The first-order valence-corrected chi connectivity index (χ1v) is 29.0. The van der Waals surface area contributed by atoms with Crippen LogP contribution in [-0.2, 0) is 52.4 Å². The number of para-hydroxylation sites is 1. The van der Waals surface area contributed by atoms with E-state index in [0.29, 0.717) is 47.1 Å². The number of anilines is 2. The van der Waals surface area contributed by atoms with Gasteiger partial charge in [-0.15, -0.1) is 22.7 Å². The molecule has 9 rings (SSSR count). The van der Waals surface area contributed by atoms with E-state index in [1.165, 1.54) is 75.9 Å². The molecule has 6 aromatic rings. The lowest BCUT2D eigenvalue weighted by Gasteiger charge is -2.32. The number of non-ortho nitro benzene ring substituents is 2. The first-order valence-electron chi connectivity index (χ1n) is 24.5. The van der Waals surface area contributed by atoms with Crippen LogP contribution >= 0.6 is 22.7 Å². The van der Waals surface area contributed by atoms with E-state index in [1.807, 2.05) is 12.1 Å². The third-order valence-electron chi connectivity index (χ3n) is 13.3. The molecule has 4 heterocycles. The molecule has 0 spiro atoms. The summed E-state index contributed by atoms with van der Waals surface area (Å²) in [5.74, 6) is -0.770. The summed E-state index contributed by atoms with van der Waals surface area (Å²) in [5, 5.41) is 34.2. The zero-order valence-electron chi connectivity index (χ0n) is 40.7. The third kappa shape index (κ3) is 13.4. The Hall–Kier alpha value is -6.56. The minimum absolute atomic E-state index is 0.0901. The topological polar surface area (TPSA) is 243 Å². The Morgan fingerprint density at radius 2 is 1.08 bits per heavy atom. The number of thiophene rings is 2. The Kier molecular flexibility index (Phi) is 17.6. The van der Waals surface area contributed by atoms with Gasteiger partial charge in [0.15, 0.2) is 0 Å². The summed E-state index contributed by atoms with van der Waals surface area (Å²) in [6, 6.07) is 32.5. The maximum Gasteiger partial charge on any atom is 0.269 e. The van der Waals surface area contributed by atoms with Gasteiger partial charge in [-0.2, -0.15) is 8.61 Å². The van der Waals surface area contributed by atoms with Gasteiger partial charge in [0.25, 0.3) is 43.2 Å². The number of fused-ring (bicyclic) bond motifs is 1. The number of amides is 2. The minimum atomic E-state index is -3.61. The van der Waals surface area contributed by atoms with E-state index >= 15 is 0 Å². The molecule has 4 aromatic carbocycles. The first-order chi connectivity index (χ1) is 35.6. The Labute approximate surface area is 438 Å². The molecule has 0 atom stereocenters. The van der Waals surface area contributed by atoms with Crippen molar-refractivity contribution >= 4 is 77.3 Å². The van der Waals surface area contributed by atoms with Gasteiger partial charge < -0.3 is 21.3 Å². The van der Waals surface area contributed by atoms with Gasteiger partial charge in [0.2, 0.25) is 0 Å². The predicted molar refractivity (Wildman–Crippen MR) is 287 cm³/mol. The second-order valence-electron chi connectivity index (χ2n) is 18.3. The van der Waals surface area contributed by atoms with E-state index < -0.39 is 29.9 Å². The van der Waals surface area contributed by atoms with Crippen molar-refractivity contribution in [1.29, 1.82) is 0 Å². The summed E-state index contributed by atoms with van der Waals surface area (Å²) in [6.45, 7) is 4.29. The number of nitro groups is 2. The molecule has 4 N–H and O–H groups in total. The van der Waals surface area contributed by atoms with E-state index in [9.17, 15) is 46.7 Å². The van der Waals surface area contributed by atoms with Crippen molar-refractivity contribution in [3.63, 3.8) is 0 Å². The highest BCUT2D eigenvalue weighted by Gasteiger charge is 2.32. The Balaban J connectivity index is 0.000000197. The molecule has 2 aliphatic heterocycles. The van der Waals surface area contributed by atoms with E-state index in [2.05, 4.69) is 58.5 Å². The molecular formula is C52H58N8O10S4. The van der Waals surface area contributed by atoms with E-state index in [-0.39, 0.29) is 56.8 Å². The average molecular weight is 1080 g/mol. The van der Waals surface area contributed by atoms with Crippen LogP contribution in [0, 0.1) is 20.2 Å². The lowest BCUT2D eigenvalue weighted by atomic mass is 10.0. The molecule has 0 bridgehead atoms. The molecule has 390 valence electrons. The number of carbonyl (C=O) groups is 2. The second-order valence-corrected chi connectivity index (χ2v) is 25.0. The van der Waals surface area contributed by atoms with Crippen molar-refractivity contribution in [2.24, 2.45) is 0 Å². The Morgan fingerprint density at radius 3 is 1.57 bits per heavy atom. The van der Waals surface area contributed by atoms with Crippen LogP contribution in [0.1, 0.15) is 92.6 Å². The lowest BCUT2D eigenvalue weighted by molar-refractivity contribution is -0.385. The number of hydrogen-bond acceptors (Lipinski definition) is 14. The first kappa shape index (κ1) is 53.7. The number of benzene rings is 4. The van der Waals surface area contributed by atoms with Crippen LogP contribution in [0.4, 0.5) is 22.7 Å². The number of rotatable bonds is 18. The number of nitrogens with one attached hydrogen (secondary N) is 4. The zero-order chi connectivity index (χ0) is 52.4. The molecule has 0 radical (unpaired) electrons. The highest BCUT2D eigenvalue weighted by atomic mass is 32.3. The SMILES string of the molecule is CCCc1ccccc1NC1CCN(S(=O)(=O)c2ccc(CNC(=O)c3ccc([N+](=O)[O-])cc3)s2)CC1.O=C(NCc1ccc(S(=O)(=O)N2CCC(Nc3ccc4c(c3)CCC4)CC2)s1)c1ccc([N+](=O)[O-])cc1. The Morgan fingerprint density at radius 1 is 0.608 bits per heavy atom. The normalized spacial score (nSPS) is 15.6. The molecule has 2 amide bonds. The number of aryl methyl sites for hydroxylation is 3. The van der Waals surface area contributed by atoms with Gasteiger partial charge in [-0.25, -0.2) is 16.8 Å². The van der Waals surface area contributed by atoms with Crippen molar-refractivity contribution < 1.29 is 36.3 Å². The number of hydrogen-bond donors (Lipinski definition) is 4. The van der Waals surface area contributed by atoms with Gasteiger partial charge in [-0.3, -0.25) is 29.8 Å². The fourth-order valence-electron chi connectivity index (χ4n) is 9.19. The van der Waals surface area contributed by atoms with E-state index in [1.54, 1.807) is 28.6 Å². The summed E-state index contributed by atoms with van der Waals surface area (Å²) in [6.07, 6.45) is 8.50. The van der Waals surface area contributed by atoms with Crippen LogP contribution in [0.3, 0.4) is 0 Å². The molecule has 0 saturated carbocycles.